The Hall–Kier alpha value is -2.98. The van der Waals surface area contributed by atoms with Crippen LogP contribution >= 0.6 is 39.1 Å². The van der Waals surface area contributed by atoms with E-state index < -0.39 is 5.91 Å². The second kappa shape index (κ2) is 11.2. The average Bonchev–Trinajstić information content (AvgIpc) is 2.79. The third-order valence-electron chi connectivity index (χ3n) is 4.74. The fourth-order valence-corrected chi connectivity index (χ4v) is 3.89. The lowest BCUT2D eigenvalue weighted by molar-refractivity contribution is -0.112. The number of ether oxygens (including phenoxy) is 2. The molecule has 3 aromatic carbocycles. The minimum absolute atomic E-state index is 0.117. The second-order valence-corrected chi connectivity index (χ2v) is 8.70. The molecule has 0 fully saturated rings. The van der Waals surface area contributed by atoms with Crippen molar-refractivity contribution in [3.63, 3.8) is 0 Å². The minimum Gasteiger partial charge on any atom is -0.493 e. The molecule has 0 aliphatic heterocycles. The summed E-state index contributed by atoms with van der Waals surface area (Å²) >= 11 is 15.6. The Morgan fingerprint density at radius 1 is 1.18 bits per heavy atom. The molecule has 1 amide bonds. The van der Waals surface area contributed by atoms with Crippen molar-refractivity contribution in [2.24, 2.45) is 0 Å². The minimum atomic E-state index is -0.614. The van der Waals surface area contributed by atoms with E-state index in [0.29, 0.717) is 43.9 Å². The Bertz CT molecular complexity index is 1270. The summed E-state index contributed by atoms with van der Waals surface area (Å²) in [6.07, 6.45) is 1.45. The maximum Gasteiger partial charge on any atom is 0.266 e. The van der Waals surface area contributed by atoms with Gasteiger partial charge in [0.1, 0.15) is 18.2 Å². The summed E-state index contributed by atoms with van der Waals surface area (Å²) in [6.45, 7) is 2.38. The molecule has 0 aliphatic carbocycles. The van der Waals surface area contributed by atoms with E-state index in [0.717, 1.165) is 11.1 Å². The number of halogens is 3. The Morgan fingerprint density at radius 2 is 1.94 bits per heavy atom. The predicted molar refractivity (Wildman–Crippen MR) is 135 cm³/mol. The fourth-order valence-electron chi connectivity index (χ4n) is 2.98. The number of nitrogens with zero attached hydrogens (tertiary/aromatic N) is 1. The highest BCUT2D eigenvalue weighted by atomic mass is 79.9. The number of benzene rings is 3. The van der Waals surface area contributed by atoms with Gasteiger partial charge in [0.2, 0.25) is 0 Å². The van der Waals surface area contributed by atoms with Crippen molar-refractivity contribution in [2.45, 2.75) is 13.5 Å². The molecule has 0 unspecified atom stereocenters. The number of rotatable bonds is 7. The molecule has 0 aromatic heterocycles. The molecule has 0 heterocycles. The molecular formula is C25H19BrCl2N2O3. The Kier molecular flexibility index (Phi) is 8.40. The number of amides is 1. The van der Waals surface area contributed by atoms with Crippen LogP contribution in [0.1, 0.15) is 16.7 Å². The van der Waals surface area contributed by atoms with Crippen LogP contribution < -0.4 is 14.8 Å². The Balaban J connectivity index is 1.85. The zero-order valence-corrected chi connectivity index (χ0v) is 20.9. The molecule has 33 heavy (non-hydrogen) atoms. The van der Waals surface area contributed by atoms with Gasteiger partial charge in [-0.3, -0.25) is 4.79 Å². The van der Waals surface area contributed by atoms with Crippen LogP contribution in [0.5, 0.6) is 11.5 Å². The molecule has 168 valence electrons. The number of aryl methyl sites for hydroxylation is 1. The molecule has 0 saturated carbocycles. The van der Waals surface area contributed by atoms with Crippen LogP contribution in [0.15, 0.2) is 64.6 Å². The highest BCUT2D eigenvalue weighted by molar-refractivity contribution is 9.10. The topological polar surface area (TPSA) is 71.3 Å². The molecule has 0 aliphatic rings. The van der Waals surface area contributed by atoms with Crippen molar-refractivity contribution in [3.05, 3.63) is 91.4 Å². The number of anilines is 1. The molecule has 0 bridgehead atoms. The number of hydrogen-bond acceptors (Lipinski definition) is 4. The summed E-state index contributed by atoms with van der Waals surface area (Å²) in [5, 5.41) is 12.9. The summed E-state index contributed by atoms with van der Waals surface area (Å²) in [5.74, 6) is 0.364. The standard InChI is InChI=1S/C25H19BrCl2N2O3/c1-15-5-3-4-6-17(15)14-33-24-20(26)10-16(11-23(24)32-2)9-18(13-29)25(31)30-22-12-19(27)7-8-21(22)28/h3-12H,14H2,1-2H3,(H,30,31)/b18-9+. The number of hydrogen-bond donors (Lipinski definition) is 1. The molecule has 3 rings (SSSR count). The van der Waals surface area contributed by atoms with Crippen molar-refractivity contribution in [3.8, 4) is 17.6 Å². The van der Waals surface area contributed by atoms with Crippen LogP contribution in [-0.4, -0.2) is 13.0 Å². The molecule has 3 aromatic rings. The maximum atomic E-state index is 12.6. The van der Waals surface area contributed by atoms with E-state index >= 15 is 0 Å². The first-order chi connectivity index (χ1) is 15.8. The van der Waals surface area contributed by atoms with Gasteiger partial charge in [0.25, 0.3) is 5.91 Å². The van der Waals surface area contributed by atoms with Gasteiger partial charge in [-0.05, 0) is 76.0 Å². The summed E-state index contributed by atoms with van der Waals surface area (Å²) in [4.78, 5) is 12.6. The van der Waals surface area contributed by atoms with Crippen molar-refractivity contribution in [2.75, 3.05) is 12.4 Å². The lowest BCUT2D eigenvalue weighted by atomic mass is 10.1. The van der Waals surface area contributed by atoms with E-state index in [1.807, 2.05) is 37.3 Å². The van der Waals surface area contributed by atoms with E-state index in [2.05, 4.69) is 21.2 Å². The smallest absolute Gasteiger partial charge is 0.266 e. The van der Waals surface area contributed by atoms with E-state index in [1.165, 1.54) is 19.3 Å². The average molecular weight is 546 g/mol. The van der Waals surface area contributed by atoms with Crippen LogP contribution in [0.4, 0.5) is 5.69 Å². The fraction of sp³-hybridized carbons (Fsp3) is 0.120. The summed E-state index contributed by atoms with van der Waals surface area (Å²) < 4.78 is 12.1. The summed E-state index contributed by atoms with van der Waals surface area (Å²) in [7, 11) is 1.52. The van der Waals surface area contributed by atoms with Crippen molar-refractivity contribution in [1.29, 1.82) is 5.26 Å². The van der Waals surface area contributed by atoms with Gasteiger partial charge < -0.3 is 14.8 Å². The first kappa shape index (κ1) is 24.7. The highest BCUT2D eigenvalue weighted by Gasteiger charge is 2.15. The molecule has 1 N–H and O–H groups in total. The number of nitrogens with one attached hydrogen (secondary N) is 1. The summed E-state index contributed by atoms with van der Waals surface area (Å²) in [5.41, 5.74) is 2.95. The third kappa shape index (κ3) is 6.29. The molecule has 0 saturated heterocycles. The van der Waals surface area contributed by atoms with Gasteiger partial charge in [-0.1, -0.05) is 47.5 Å². The van der Waals surface area contributed by atoms with Gasteiger partial charge in [0, 0.05) is 5.02 Å². The number of methoxy groups -OCH3 is 1. The SMILES string of the molecule is COc1cc(/C=C(\C#N)C(=O)Nc2cc(Cl)ccc2Cl)cc(Br)c1OCc1ccccc1C. The number of carbonyl (C=O) groups is 1. The zero-order chi connectivity index (χ0) is 24.0. The van der Waals surface area contributed by atoms with Gasteiger partial charge in [-0.25, -0.2) is 0 Å². The number of carbonyl (C=O) groups excluding carboxylic acids is 1. The first-order valence-corrected chi connectivity index (χ1v) is 11.3. The largest absolute Gasteiger partial charge is 0.493 e. The highest BCUT2D eigenvalue weighted by Crippen LogP contribution is 2.38. The molecule has 0 spiro atoms. The van der Waals surface area contributed by atoms with E-state index in [9.17, 15) is 10.1 Å². The molecule has 0 atom stereocenters. The van der Waals surface area contributed by atoms with Gasteiger partial charge in [0.15, 0.2) is 11.5 Å². The van der Waals surface area contributed by atoms with Crippen molar-refractivity contribution >= 4 is 56.8 Å². The number of nitriles is 1. The third-order valence-corrected chi connectivity index (χ3v) is 5.89. The van der Waals surface area contributed by atoms with Crippen LogP contribution in [-0.2, 0) is 11.4 Å². The molecular weight excluding hydrogens is 527 g/mol. The second-order valence-electron chi connectivity index (χ2n) is 7.00. The molecule has 5 nitrogen and oxygen atoms in total. The van der Waals surface area contributed by atoms with Crippen LogP contribution in [0, 0.1) is 18.3 Å². The predicted octanol–water partition coefficient (Wildman–Crippen LogP) is 7.20. The van der Waals surface area contributed by atoms with Gasteiger partial charge in [0.05, 0.1) is 22.3 Å². The Labute approximate surface area is 210 Å². The molecule has 0 radical (unpaired) electrons. The monoisotopic (exact) mass is 544 g/mol. The normalized spacial score (nSPS) is 11.0. The Morgan fingerprint density at radius 3 is 2.64 bits per heavy atom. The van der Waals surface area contributed by atoms with E-state index in [1.54, 1.807) is 24.3 Å². The maximum absolute atomic E-state index is 12.6. The van der Waals surface area contributed by atoms with Gasteiger partial charge in [-0.15, -0.1) is 0 Å². The van der Waals surface area contributed by atoms with Crippen molar-refractivity contribution < 1.29 is 14.3 Å². The molecule has 8 heteroatoms. The van der Waals surface area contributed by atoms with E-state index in [-0.39, 0.29) is 5.57 Å². The van der Waals surface area contributed by atoms with Crippen LogP contribution in [0.2, 0.25) is 10.0 Å². The van der Waals surface area contributed by atoms with Gasteiger partial charge >= 0.3 is 0 Å². The lowest BCUT2D eigenvalue weighted by Gasteiger charge is -2.15. The van der Waals surface area contributed by atoms with E-state index in [4.69, 9.17) is 32.7 Å². The van der Waals surface area contributed by atoms with Crippen LogP contribution in [0.3, 0.4) is 0 Å². The van der Waals surface area contributed by atoms with Crippen molar-refractivity contribution in [1.82, 2.24) is 0 Å². The lowest BCUT2D eigenvalue weighted by Crippen LogP contribution is -2.13. The first-order valence-electron chi connectivity index (χ1n) is 9.75. The summed E-state index contributed by atoms with van der Waals surface area (Å²) in [6, 6.07) is 18.0. The zero-order valence-electron chi connectivity index (χ0n) is 17.8. The van der Waals surface area contributed by atoms with Gasteiger partial charge in [-0.2, -0.15) is 5.26 Å². The quantitative estimate of drug-likeness (QED) is 0.252. The van der Waals surface area contributed by atoms with Crippen LogP contribution in [0.25, 0.3) is 6.08 Å².